The van der Waals surface area contributed by atoms with Crippen LogP contribution in [0, 0.1) is 5.92 Å². The maximum atomic E-state index is 13.8. The summed E-state index contributed by atoms with van der Waals surface area (Å²) in [7, 11) is 3.13. The molecule has 2 aromatic rings. The Kier molecular flexibility index (Phi) is 9.60. The van der Waals surface area contributed by atoms with Gasteiger partial charge in [-0.1, -0.05) is 46.6 Å². The highest BCUT2D eigenvalue weighted by Gasteiger charge is 2.45. The Morgan fingerprint density at radius 1 is 1.13 bits per heavy atom. The quantitative estimate of drug-likeness (QED) is 0.222. The van der Waals surface area contributed by atoms with Gasteiger partial charge in [0, 0.05) is 44.6 Å². The number of carbonyl (C=O) groups excluding carboxylic acids is 2. The van der Waals surface area contributed by atoms with Crippen molar-refractivity contribution in [1.29, 1.82) is 0 Å². The Labute approximate surface area is 241 Å². The van der Waals surface area contributed by atoms with Crippen LogP contribution in [0.25, 0.3) is 0 Å². The number of halogens is 2. The highest BCUT2D eigenvalue weighted by atomic mass is 79.9. The lowest BCUT2D eigenvalue weighted by atomic mass is 9.69. The lowest BCUT2D eigenvalue weighted by Gasteiger charge is -2.37. The first kappa shape index (κ1) is 28.7. The molecule has 0 N–H and O–H groups in total. The topological polar surface area (TPSA) is 74.2 Å². The van der Waals surface area contributed by atoms with E-state index < -0.39 is 11.8 Å². The Bertz CT molecular complexity index is 1280. The second-order valence-corrected chi connectivity index (χ2v) is 11.9. The summed E-state index contributed by atoms with van der Waals surface area (Å²) in [5.41, 5.74) is 3.72. The highest BCUT2D eigenvalue weighted by molar-refractivity contribution is 9.10. The largest absolute Gasteiger partial charge is 0.493 e. The normalized spacial score (nSPS) is 21.1. The van der Waals surface area contributed by atoms with Crippen molar-refractivity contribution in [2.45, 2.75) is 38.5 Å². The Balaban J connectivity index is 1.79. The number of hydrogen-bond donors (Lipinski definition) is 0. The molecule has 0 fully saturated rings. The summed E-state index contributed by atoms with van der Waals surface area (Å²) in [5, 5.41) is 0.652. The number of benzene rings is 2. The Morgan fingerprint density at radius 2 is 1.82 bits per heavy atom. The molecule has 0 saturated heterocycles. The van der Waals surface area contributed by atoms with Crippen LogP contribution in [0.2, 0.25) is 5.02 Å². The van der Waals surface area contributed by atoms with Gasteiger partial charge in [-0.2, -0.15) is 11.8 Å². The molecule has 4 rings (SSSR count). The molecule has 1 aliphatic carbocycles. The van der Waals surface area contributed by atoms with Crippen molar-refractivity contribution in [3.63, 3.8) is 0 Å². The average molecular weight is 621 g/mol. The fourth-order valence-corrected chi connectivity index (χ4v) is 6.40. The minimum atomic E-state index is -0.731. The molecule has 0 bridgehead atoms. The first-order valence-corrected chi connectivity index (χ1v) is 14.8. The van der Waals surface area contributed by atoms with Crippen LogP contribution in [-0.2, 0) is 14.3 Å². The molecule has 0 amide bonds. The summed E-state index contributed by atoms with van der Waals surface area (Å²) in [6.07, 6.45) is 0.918. The van der Waals surface area contributed by atoms with E-state index in [1.807, 2.05) is 37.3 Å². The monoisotopic (exact) mass is 619 g/mol. The van der Waals surface area contributed by atoms with Crippen LogP contribution >= 0.6 is 39.3 Å². The number of carbonyl (C=O) groups is 2. The van der Waals surface area contributed by atoms with Crippen molar-refractivity contribution in [1.82, 2.24) is 0 Å². The van der Waals surface area contributed by atoms with Gasteiger partial charge in [-0.3, -0.25) is 14.6 Å². The van der Waals surface area contributed by atoms with Gasteiger partial charge >= 0.3 is 5.97 Å². The molecule has 0 spiro atoms. The van der Waals surface area contributed by atoms with Crippen molar-refractivity contribution in [3.8, 4) is 11.5 Å². The fraction of sp³-hybridized carbons (Fsp3) is 0.414. The molecular formula is C29H31BrClNO5S. The molecule has 38 heavy (non-hydrogen) atoms. The first-order chi connectivity index (χ1) is 18.3. The molecule has 2 aromatic carbocycles. The molecular weight excluding hydrogens is 590 g/mol. The van der Waals surface area contributed by atoms with E-state index in [1.54, 1.807) is 32.0 Å². The van der Waals surface area contributed by atoms with Gasteiger partial charge in [0.05, 0.1) is 14.2 Å². The van der Waals surface area contributed by atoms with E-state index in [0.29, 0.717) is 57.5 Å². The number of nitrogens with zero attached hydrogens (tertiary/aromatic N) is 1. The van der Waals surface area contributed by atoms with Crippen LogP contribution in [0.3, 0.4) is 0 Å². The number of ether oxygens (including phenoxy) is 3. The molecule has 3 atom stereocenters. The summed E-state index contributed by atoms with van der Waals surface area (Å²) in [6, 6.07) is 11.2. The summed E-state index contributed by atoms with van der Waals surface area (Å²) in [4.78, 5) is 32.2. The summed E-state index contributed by atoms with van der Waals surface area (Å²) < 4.78 is 17.5. The van der Waals surface area contributed by atoms with Gasteiger partial charge in [-0.15, -0.1) is 0 Å². The fourth-order valence-electron chi connectivity index (χ4n) is 5.22. The summed E-state index contributed by atoms with van der Waals surface area (Å²) in [5.74, 6) is 1.01. The molecule has 1 aliphatic heterocycles. The minimum Gasteiger partial charge on any atom is -0.493 e. The van der Waals surface area contributed by atoms with Crippen molar-refractivity contribution in [2.24, 2.45) is 10.9 Å². The maximum Gasteiger partial charge on any atom is 0.315 e. The summed E-state index contributed by atoms with van der Waals surface area (Å²) >= 11 is 11.5. The Morgan fingerprint density at radius 3 is 2.47 bits per heavy atom. The van der Waals surface area contributed by atoms with Gasteiger partial charge in [-0.05, 0) is 60.4 Å². The second-order valence-electron chi connectivity index (χ2n) is 9.24. The Hall–Kier alpha value is -2.29. The highest BCUT2D eigenvalue weighted by Crippen LogP contribution is 2.50. The smallest absolute Gasteiger partial charge is 0.315 e. The zero-order chi connectivity index (χ0) is 27.4. The molecule has 6 nitrogen and oxygen atoms in total. The number of thioether (sulfide) groups is 1. The predicted molar refractivity (Wildman–Crippen MR) is 156 cm³/mol. The van der Waals surface area contributed by atoms with Crippen LogP contribution in [0.15, 0.2) is 57.1 Å². The van der Waals surface area contributed by atoms with E-state index in [2.05, 4.69) is 22.9 Å². The van der Waals surface area contributed by atoms with Gasteiger partial charge in [0.2, 0.25) is 0 Å². The number of aliphatic imine (C=N–C) groups is 1. The molecule has 1 heterocycles. The molecule has 1 unspecified atom stereocenters. The van der Waals surface area contributed by atoms with Crippen molar-refractivity contribution in [2.75, 3.05) is 32.3 Å². The van der Waals surface area contributed by atoms with Crippen LogP contribution in [0.4, 0.5) is 0 Å². The van der Waals surface area contributed by atoms with Gasteiger partial charge in [0.1, 0.15) is 12.5 Å². The number of rotatable bonds is 9. The third kappa shape index (κ3) is 5.97. The molecule has 0 radical (unpaired) electrons. The lowest BCUT2D eigenvalue weighted by molar-refractivity contribution is -0.145. The summed E-state index contributed by atoms with van der Waals surface area (Å²) in [6.45, 7) is 4.21. The van der Waals surface area contributed by atoms with E-state index in [4.69, 9.17) is 30.8 Å². The van der Waals surface area contributed by atoms with E-state index in [9.17, 15) is 9.59 Å². The standard InChI is InChI=1S/C29H31BrClNO5S/c1-5-38-11-10-37-29(34)26-16(2)32-22-12-18(17-6-8-19(31)9-7-17)13-23(33)28(22)27(26)20-14-24(35-3)25(36-4)15-21(20)30/h6-9,14-15,18,26-27H,5,10-13H2,1-4H3/t18-,26?,27-/m1/s1. The number of esters is 1. The van der Waals surface area contributed by atoms with Crippen molar-refractivity contribution >= 4 is 56.8 Å². The van der Waals surface area contributed by atoms with Crippen LogP contribution in [0.5, 0.6) is 11.5 Å². The van der Waals surface area contributed by atoms with E-state index in [1.165, 1.54) is 0 Å². The molecule has 9 heteroatoms. The second kappa shape index (κ2) is 12.7. The average Bonchev–Trinajstić information content (AvgIpc) is 2.90. The lowest BCUT2D eigenvalue weighted by Crippen LogP contribution is -2.38. The zero-order valence-corrected chi connectivity index (χ0v) is 25.0. The third-order valence-corrected chi connectivity index (χ3v) is 8.80. The van der Waals surface area contributed by atoms with E-state index in [-0.39, 0.29) is 17.7 Å². The maximum absolute atomic E-state index is 13.8. The number of methoxy groups -OCH3 is 2. The van der Waals surface area contributed by atoms with Gasteiger partial charge in [0.25, 0.3) is 0 Å². The molecule has 0 aromatic heterocycles. The predicted octanol–water partition coefficient (Wildman–Crippen LogP) is 6.99. The molecule has 2 aliphatic rings. The van der Waals surface area contributed by atoms with Gasteiger partial charge < -0.3 is 14.2 Å². The van der Waals surface area contributed by atoms with Crippen molar-refractivity contribution in [3.05, 3.63) is 68.3 Å². The molecule has 202 valence electrons. The number of hydrogen-bond acceptors (Lipinski definition) is 7. The van der Waals surface area contributed by atoms with Crippen molar-refractivity contribution < 1.29 is 23.8 Å². The zero-order valence-electron chi connectivity index (χ0n) is 21.9. The number of allylic oxidation sites excluding steroid dienone is 2. The number of ketones is 1. The minimum absolute atomic E-state index is 0.0147. The first-order valence-electron chi connectivity index (χ1n) is 12.5. The van der Waals surface area contributed by atoms with E-state index in [0.717, 1.165) is 22.6 Å². The van der Waals surface area contributed by atoms with E-state index >= 15 is 0 Å². The van der Waals surface area contributed by atoms with Crippen LogP contribution in [0.1, 0.15) is 49.7 Å². The van der Waals surface area contributed by atoms with Gasteiger partial charge in [0.15, 0.2) is 17.3 Å². The van der Waals surface area contributed by atoms with Crippen LogP contribution < -0.4 is 9.47 Å². The third-order valence-electron chi connectivity index (χ3n) is 7.00. The molecule has 0 saturated carbocycles. The van der Waals surface area contributed by atoms with Gasteiger partial charge in [-0.25, -0.2) is 0 Å². The van der Waals surface area contributed by atoms with Crippen LogP contribution in [-0.4, -0.2) is 49.8 Å². The SMILES string of the molecule is CCSCCOC(=O)C1C(C)=NC2=C(C(=O)C[C@H](c3ccc(Cl)cc3)C2)[C@@H]1c1cc(OC)c(OC)cc1Br. The number of Topliss-reactive ketones (excluding diaryl/α,β-unsaturated/α-hetero) is 1.